The van der Waals surface area contributed by atoms with Crippen molar-refractivity contribution in [2.45, 2.75) is 63.7 Å². The molecule has 6 nitrogen and oxygen atoms in total. The van der Waals surface area contributed by atoms with E-state index in [1.54, 1.807) is 10.7 Å². The van der Waals surface area contributed by atoms with E-state index in [0.717, 1.165) is 24.8 Å². The number of hydrogen-bond acceptors (Lipinski definition) is 4. The molecule has 1 aromatic heterocycles. The van der Waals surface area contributed by atoms with Gasteiger partial charge in [0.2, 0.25) is 5.43 Å². The Morgan fingerprint density at radius 1 is 1.22 bits per heavy atom. The topological polar surface area (TPSA) is 67.2 Å². The van der Waals surface area contributed by atoms with Crippen molar-refractivity contribution in [3.05, 3.63) is 40.2 Å². The summed E-state index contributed by atoms with van der Waals surface area (Å²) in [5.74, 6) is -0.334. The Labute approximate surface area is 165 Å². The molecule has 1 aromatic carbocycles. The third kappa shape index (κ3) is 3.60. The second-order valence-electron chi connectivity index (χ2n) is 7.61. The largest absolute Gasteiger partial charge is 0.348 e. The van der Waals surface area contributed by atoms with Crippen LogP contribution in [0.3, 0.4) is 0 Å². The SMILES string of the molecule is CCCn1nc(C(=O)NC2C[C@H]3CC[C@@H](C2)N3C)c(=O)c2ccccc21.Cl. The second-order valence-corrected chi connectivity index (χ2v) is 7.61. The number of nitrogens with zero attached hydrogens (tertiary/aromatic N) is 3. The molecule has 7 heteroatoms. The fraction of sp³-hybridized carbons (Fsp3) is 0.550. The predicted octanol–water partition coefficient (Wildman–Crippen LogP) is 2.58. The summed E-state index contributed by atoms with van der Waals surface area (Å²) in [7, 11) is 2.18. The van der Waals surface area contributed by atoms with Gasteiger partial charge in [-0.2, -0.15) is 5.10 Å². The summed E-state index contributed by atoms with van der Waals surface area (Å²) in [5.41, 5.74) is 0.526. The highest BCUT2D eigenvalue weighted by Crippen LogP contribution is 2.34. The normalized spacial score (nSPS) is 24.6. The van der Waals surface area contributed by atoms with E-state index in [4.69, 9.17) is 0 Å². The van der Waals surface area contributed by atoms with Crippen LogP contribution in [0.1, 0.15) is 49.5 Å². The molecule has 146 valence electrons. The van der Waals surface area contributed by atoms with Crippen molar-refractivity contribution in [1.29, 1.82) is 0 Å². The molecule has 2 aliphatic rings. The first kappa shape index (κ1) is 19.8. The first-order valence-corrected chi connectivity index (χ1v) is 9.61. The first-order chi connectivity index (χ1) is 12.6. The molecule has 3 atom stereocenters. The number of benzene rings is 1. The van der Waals surface area contributed by atoms with Gasteiger partial charge in [0.1, 0.15) is 0 Å². The van der Waals surface area contributed by atoms with Crippen LogP contribution in [0.5, 0.6) is 0 Å². The maximum atomic E-state index is 12.8. The third-order valence-corrected chi connectivity index (χ3v) is 5.95. The predicted molar refractivity (Wildman–Crippen MR) is 109 cm³/mol. The Kier molecular flexibility index (Phi) is 5.86. The van der Waals surface area contributed by atoms with Crippen molar-refractivity contribution in [3.8, 4) is 0 Å². The molecule has 2 aromatic rings. The molecule has 2 saturated heterocycles. The zero-order chi connectivity index (χ0) is 18.3. The molecule has 0 saturated carbocycles. The zero-order valence-corrected chi connectivity index (χ0v) is 16.7. The van der Waals surface area contributed by atoms with Crippen LogP contribution in [-0.4, -0.2) is 45.8 Å². The molecule has 27 heavy (non-hydrogen) atoms. The van der Waals surface area contributed by atoms with Crippen molar-refractivity contribution in [2.75, 3.05) is 7.05 Å². The van der Waals surface area contributed by atoms with Gasteiger partial charge in [0.05, 0.1) is 5.52 Å². The van der Waals surface area contributed by atoms with E-state index in [-0.39, 0.29) is 35.5 Å². The number of rotatable bonds is 4. The first-order valence-electron chi connectivity index (χ1n) is 9.61. The lowest BCUT2D eigenvalue weighted by Crippen LogP contribution is -2.49. The molecule has 0 spiro atoms. The Morgan fingerprint density at radius 2 is 1.89 bits per heavy atom. The lowest BCUT2D eigenvalue weighted by Gasteiger charge is -2.36. The summed E-state index contributed by atoms with van der Waals surface area (Å²) >= 11 is 0. The lowest BCUT2D eigenvalue weighted by molar-refractivity contribution is 0.0874. The molecular weight excluding hydrogens is 364 g/mol. The number of carbonyl (C=O) groups is 1. The minimum atomic E-state index is -0.334. The fourth-order valence-electron chi connectivity index (χ4n) is 4.55. The summed E-state index contributed by atoms with van der Waals surface area (Å²) < 4.78 is 1.78. The van der Waals surface area contributed by atoms with Crippen LogP contribution in [-0.2, 0) is 6.54 Å². The number of nitrogens with one attached hydrogen (secondary N) is 1. The van der Waals surface area contributed by atoms with Gasteiger partial charge >= 0.3 is 0 Å². The fourth-order valence-corrected chi connectivity index (χ4v) is 4.55. The van der Waals surface area contributed by atoms with Crippen molar-refractivity contribution >= 4 is 29.2 Å². The molecule has 2 aliphatic heterocycles. The molecule has 2 bridgehead atoms. The van der Waals surface area contributed by atoms with E-state index in [2.05, 4.69) is 29.3 Å². The Balaban J connectivity index is 0.00000210. The zero-order valence-electron chi connectivity index (χ0n) is 15.9. The number of fused-ring (bicyclic) bond motifs is 3. The Bertz CT molecular complexity index is 883. The van der Waals surface area contributed by atoms with Gasteiger partial charge in [0, 0.05) is 30.1 Å². The van der Waals surface area contributed by atoms with Crippen molar-refractivity contribution in [2.24, 2.45) is 0 Å². The number of amides is 1. The van der Waals surface area contributed by atoms with E-state index in [0.29, 0.717) is 24.0 Å². The van der Waals surface area contributed by atoms with Crippen LogP contribution in [0.15, 0.2) is 29.1 Å². The highest BCUT2D eigenvalue weighted by molar-refractivity contribution is 5.95. The minimum Gasteiger partial charge on any atom is -0.348 e. The molecule has 1 N–H and O–H groups in total. The van der Waals surface area contributed by atoms with E-state index in [1.807, 2.05) is 18.2 Å². The molecule has 0 aliphatic carbocycles. The van der Waals surface area contributed by atoms with Crippen LogP contribution in [0, 0.1) is 0 Å². The van der Waals surface area contributed by atoms with Crippen molar-refractivity contribution in [1.82, 2.24) is 20.0 Å². The molecular formula is C20H27ClN4O2. The van der Waals surface area contributed by atoms with Gasteiger partial charge < -0.3 is 10.2 Å². The molecule has 1 unspecified atom stereocenters. The summed E-state index contributed by atoms with van der Waals surface area (Å²) in [4.78, 5) is 28.1. The van der Waals surface area contributed by atoms with Gasteiger partial charge in [-0.15, -0.1) is 12.4 Å². The molecule has 0 radical (unpaired) electrons. The number of aromatic nitrogens is 2. The number of piperidine rings is 1. The van der Waals surface area contributed by atoms with Gasteiger partial charge in [-0.05, 0) is 51.3 Å². The van der Waals surface area contributed by atoms with Crippen LogP contribution in [0.2, 0.25) is 0 Å². The van der Waals surface area contributed by atoms with Crippen LogP contribution in [0.4, 0.5) is 0 Å². The summed E-state index contributed by atoms with van der Waals surface area (Å²) in [6.45, 7) is 2.74. The van der Waals surface area contributed by atoms with Gasteiger partial charge in [0.15, 0.2) is 5.69 Å². The Hall–Kier alpha value is -1.92. The lowest BCUT2D eigenvalue weighted by atomic mass is 9.98. The number of carbonyl (C=O) groups excluding carboxylic acids is 1. The average Bonchev–Trinajstić information content (AvgIpc) is 2.85. The number of aryl methyl sites for hydroxylation is 1. The molecule has 1 amide bonds. The Morgan fingerprint density at radius 3 is 2.56 bits per heavy atom. The average molecular weight is 391 g/mol. The smallest absolute Gasteiger partial charge is 0.276 e. The quantitative estimate of drug-likeness (QED) is 0.871. The van der Waals surface area contributed by atoms with E-state index in [9.17, 15) is 9.59 Å². The number of hydrogen-bond donors (Lipinski definition) is 1. The summed E-state index contributed by atoms with van der Waals surface area (Å²) in [5, 5.41) is 8.06. The van der Waals surface area contributed by atoms with Gasteiger partial charge in [0.25, 0.3) is 5.91 Å². The maximum Gasteiger partial charge on any atom is 0.276 e. The van der Waals surface area contributed by atoms with E-state index < -0.39 is 0 Å². The number of halogens is 1. The summed E-state index contributed by atoms with van der Waals surface area (Å²) in [6, 6.07) is 8.60. The van der Waals surface area contributed by atoms with Crippen molar-refractivity contribution < 1.29 is 4.79 Å². The van der Waals surface area contributed by atoms with E-state index >= 15 is 0 Å². The highest BCUT2D eigenvalue weighted by Gasteiger charge is 2.39. The van der Waals surface area contributed by atoms with Crippen LogP contribution < -0.4 is 10.7 Å². The van der Waals surface area contributed by atoms with E-state index in [1.165, 1.54) is 12.8 Å². The van der Waals surface area contributed by atoms with Crippen LogP contribution in [0.25, 0.3) is 10.9 Å². The van der Waals surface area contributed by atoms with Crippen molar-refractivity contribution in [3.63, 3.8) is 0 Å². The second kappa shape index (κ2) is 7.98. The number of para-hydroxylation sites is 1. The molecule has 3 heterocycles. The monoisotopic (exact) mass is 390 g/mol. The van der Waals surface area contributed by atoms with Gasteiger partial charge in [-0.1, -0.05) is 19.1 Å². The highest BCUT2D eigenvalue weighted by atomic mass is 35.5. The summed E-state index contributed by atoms with van der Waals surface area (Å²) in [6.07, 6.45) is 5.19. The molecule has 4 rings (SSSR count). The standard InChI is InChI=1S/C20H26N4O2.ClH/c1-3-10-24-17-7-5-4-6-16(17)19(25)18(22-24)20(26)21-13-11-14-8-9-15(12-13)23(14)2;/h4-7,13-15H,3,8-12H2,1-2H3,(H,21,26);1H/t13?,14-,15+;. The van der Waals surface area contributed by atoms with Gasteiger partial charge in [-0.25, -0.2) is 0 Å². The minimum absolute atomic E-state index is 0. The van der Waals surface area contributed by atoms with Crippen LogP contribution >= 0.6 is 12.4 Å². The molecule has 2 fully saturated rings. The maximum absolute atomic E-state index is 12.8. The van der Waals surface area contributed by atoms with Gasteiger partial charge in [-0.3, -0.25) is 14.3 Å². The third-order valence-electron chi connectivity index (χ3n) is 5.95.